The molecule has 2 aliphatic heterocycles. The summed E-state index contributed by atoms with van der Waals surface area (Å²) in [6.45, 7) is 7.74. The van der Waals surface area contributed by atoms with E-state index in [1.165, 1.54) is 24.0 Å². The van der Waals surface area contributed by atoms with E-state index in [-0.39, 0.29) is 5.91 Å². The van der Waals surface area contributed by atoms with Crippen molar-refractivity contribution in [3.63, 3.8) is 0 Å². The molecule has 0 N–H and O–H groups in total. The molecule has 148 valence electrons. The maximum atomic E-state index is 12.8. The largest absolute Gasteiger partial charge is 0.457 e. The van der Waals surface area contributed by atoms with Crippen LogP contribution in [0.5, 0.6) is 11.5 Å². The van der Waals surface area contributed by atoms with Gasteiger partial charge in [0.2, 0.25) is 0 Å². The second-order valence-electron chi connectivity index (χ2n) is 7.99. The molecule has 0 aromatic heterocycles. The Morgan fingerprint density at radius 1 is 1.04 bits per heavy atom. The fourth-order valence-electron chi connectivity index (χ4n) is 4.69. The molecular weight excluding hydrogens is 348 g/mol. The quantitative estimate of drug-likeness (QED) is 0.770. The highest BCUT2D eigenvalue weighted by Gasteiger charge is 2.35. The topological polar surface area (TPSA) is 32.8 Å². The van der Waals surface area contributed by atoms with E-state index < -0.39 is 0 Å². The lowest BCUT2D eigenvalue weighted by atomic mass is 9.74. The van der Waals surface area contributed by atoms with Crippen LogP contribution in [0.15, 0.2) is 42.5 Å². The average Bonchev–Trinajstić information content (AvgIpc) is 2.73. The van der Waals surface area contributed by atoms with Crippen molar-refractivity contribution in [3.05, 3.63) is 59.2 Å². The highest BCUT2D eigenvalue weighted by molar-refractivity contribution is 5.94. The van der Waals surface area contributed by atoms with Crippen LogP contribution in [0.25, 0.3) is 0 Å². The highest BCUT2D eigenvalue weighted by atomic mass is 16.5. The van der Waals surface area contributed by atoms with Gasteiger partial charge in [-0.1, -0.05) is 24.3 Å². The zero-order chi connectivity index (χ0) is 19.7. The Hall–Kier alpha value is -2.33. The van der Waals surface area contributed by atoms with Gasteiger partial charge in [-0.15, -0.1) is 0 Å². The number of carbonyl (C=O) groups is 1. The first kappa shape index (κ1) is 19.0. The normalized spacial score (nSPS) is 19.5. The molecule has 1 atom stereocenters. The van der Waals surface area contributed by atoms with Crippen LogP contribution in [0.3, 0.4) is 0 Å². The van der Waals surface area contributed by atoms with Gasteiger partial charge in [-0.2, -0.15) is 0 Å². The zero-order valence-corrected chi connectivity index (χ0v) is 17.1. The summed E-state index contributed by atoms with van der Waals surface area (Å²) < 4.78 is 6.28. The van der Waals surface area contributed by atoms with E-state index in [2.05, 4.69) is 36.2 Å². The molecule has 4 heteroatoms. The predicted octanol–water partition coefficient (Wildman–Crippen LogP) is 4.75. The number of para-hydroxylation sites is 1. The maximum absolute atomic E-state index is 12.8. The van der Waals surface area contributed by atoms with Crippen molar-refractivity contribution in [3.8, 4) is 11.5 Å². The second-order valence-corrected chi connectivity index (χ2v) is 7.99. The van der Waals surface area contributed by atoms with E-state index in [9.17, 15) is 4.79 Å². The Balaban J connectivity index is 1.72. The van der Waals surface area contributed by atoms with E-state index in [1.807, 2.05) is 36.9 Å². The van der Waals surface area contributed by atoms with Crippen LogP contribution in [0.2, 0.25) is 0 Å². The van der Waals surface area contributed by atoms with E-state index >= 15 is 0 Å². The first-order valence-electron chi connectivity index (χ1n) is 10.5. The van der Waals surface area contributed by atoms with E-state index in [4.69, 9.17) is 4.74 Å². The van der Waals surface area contributed by atoms with Crippen LogP contribution in [0.4, 0.5) is 0 Å². The van der Waals surface area contributed by atoms with Crippen molar-refractivity contribution >= 4 is 5.91 Å². The summed E-state index contributed by atoms with van der Waals surface area (Å²) in [4.78, 5) is 17.1. The van der Waals surface area contributed by atoms with Crippen molar-refractivity contribution in [2.24, 2.45) is 5.92 Å². The monoisotopic (exact) mass is 378 g/mol. The number of rotatable bonds is 4. The first-order chi connectivity index (χ1) is 13.6. The first-order valence-corrected chi connectivity index (χ1v) is 10.5. The standard InChI is InChI=1S/C24H30N2O2/c1-4-26(5-2)24(27)18-10-11-20-22(16-18)28-21-9-7-6-8-19(21)23(20)17-12-14-25(3)15-13-17/h6-11,16-17,23H,4-5,12-15H2,1-3H3. The molecule has 28 heavy (non-hydrogen) atoms. The van der Waals surface area contributed by atoms with E-state index in [0.29, 0.717) is 30.5 Å². The van der Waals surface area contributed by atoms with Gasteiger partial charge in [0, 0.05) is 35.7 Å². The molecule has 1 fully saturated rings. The molecule has 1 saturated heterocycles. The molecule has 0 spiro atoms. The molecule has 4 rings (SSSR count). The molecule has 1 unspecified atom stereocenters. The fourth-order valence-corrected chi connectivity index (χ4v) is 4.69. The number of hydrogen-bond acceptors (Lipinski definition) is 3. The highest BCUT2D eigenvalue weighted by Crippen LogP contribution is 2.49. The number of ether oxygens (including phenoxy) is 1. The van der Waals surface area contributed by atoms with Gasteiger partial charge in [-0.05, 0) is 70.9 Å². The summed E-state index contributed by atoms with van der Waals surface area (Å²) in [5, 5.41) is 0. The van der Waals surface area contributed by atoms with Crippen molar-refractivity contribution < 1.29 is 9.53 Å². The molecule has 4 nitrogen and oxygen atoms in total. The second kappa shape index (κ2) is 7.96. The Morgan fingerprint density at radius 3 is 2.43 bits per heavy atom. The molecule has 0 radical (unpaired) electrons. The average molecular weight is 379 g/mol. The van der Waals surface area contributed by atoms with Crippen molar-refractivity contribution in [2.45, 2.75) is 32.6 Å². The van der Waals surface area contributed by atoms with E-state index in [0.717, 1.165) is 24.6 Å². The molecule has 0 saturated carbocycles. The van der Waals surface area contributed by atoms with Gasteiger partial charge in [0.25, 0.3) is 5.91 Å². The summed E-state index contributed by atoms with van der Waals surface area (Å²) in [5.41, 5.74) is 3.22. The van der Waals surface area contributed by atoms with Crippen molar-refractivity contribution in [1.29, 1.82) is 0 Å². The molecule has 1 amide bonds. The van der Waals surface area contributed by atoms with Crippen molar-refractivity contribution in [1.82, 2.24) is 9.80 Å². The Labute approximate surface area is 168 Å². The molecule has 2 heterocycles. The number of benzene rings is 2. The van der Waals surface area contributed by atoms with Gasteiger partial charge >= 0.3 is 0 Å². The summed E-state index contributed by atoms with van der Waals surface area (Å²) >= 11 is 0. The zero-order valence-electron chi connectivity index (χ0n) is 17.1. The fraction of sp³-hybridized carbons (Fsp3) is 0.458. The molecule has 2 aromatic carbocycles. The Bertz CT molecular complexity index is 851. The van der Waals surface area contributed by atoms with Gasteiger partial charge in [0.05, 0.1) is 0 Å². The minimum Gasteiger partial charge on any atom is -0.457 e. The Morgan fingerprint density at radius 2 is 1.71 bits per heavy atom. The third-order valence-corrected chi connectivity index (χ3v) is 6.35. The molecule has 2 aliphatic rings. The van der Waals surface area contributed by atoms with Gasteiger partial charge < -0.3 is 14.5 Å². The summed E-state index contributed by atoms with van der Waals surface area (Å²) in [5.74, 6) is 2.80. The number of fused-ring (bicyclic) bond motifs is 2. The molecule has 0 bridgehead atoms. The summed E-state index contributed by atoms with van der Waals surface area (Å²) in [6.07, 6.45) is 2.38. The summed E-state index contributed by atoms with van der Waals surface area (Å²) in [6, 6.07) is 14.5. The smallest absolute Gasteiger partial charge is 0.253 e. The number of piperidine rings is 1. The third kappa shape index (κ3) is 3.42. The van der Waals surface area contributed by atoms with Crippen LogP contribution < -0.4 is 4.74 Å². The minimum atomic E-state index is 0.0751. The number of nitrogens with zero attached hydrogens (tertiary/aromatic N) is 2. The van der Waals surface area contributed by atoms with Gasteiger partial charge in [0.1, 0.15) is 11.5 Å². The number of amides is 1. The van der Waals surface area contributed by atoms with Gasteiger partial charge in [-0.25, -0.2) is 0 Å². The molecular formula is C24H30N2O2. The van der Waals surface area contributed by atoms with Crippen LogP contribution in [-0.2, 0) is 0 Å². The number of hydrogen-bond donors (Lipinski definition) is 0. The number of likely N-dealkylation sites (tertiary alicyclic amines) is 1. The Kier molecular flexibility index (Phi) is 5.40. The summed E-state index contributed by atoms with van der Waals surface area (Å²) in [7, 11) is 2.20. The lowest BCUT2D eigenvalue weighted by Gasteiger charge is -2.38. The lowest BCUT2D eigenvalue weighted by molar-refractivity contribution is 0.0772. The molecule has 2 aromatic rings. The number of carbonyl (C=O) groups excluding carboxylic acids is 1. The third-order valence-electron chi connectivity index (χ3n) is 6.35. The lowest BCUT2D eigenvalue weighted by Crippen LogP contribution is -2.34. The van der Waals surface area contributed by atoms with Crippen LogP contribution in [-0.4, -0.2) is 48.9 Å². The van der Waals surface area contributed by atoms with Crippen LogP contribution in [0.1, 0.15) is 54.1 Å². The van der Waals surface area contributed by atoms with Crippen LogP contribution in [0, 0.1) is 5.92 Å². The maximum Gasteiger partial charge on any atom is 0.253 e. The van der Waals surface area contributed by atoms with Crippen LogP contribution >= 0.6 is 0 Å². The SMILES string of the molecule is CCN(CC)C(=O)c1ccc2c(c1)Oc1ccccc1C2C1CCN(C)CC1. The molecule has 0 aliphatic carbocycles. The predicted molar refractivity (Wildman–Crippen MR) is 112 cm³/mol. The van der Waals surface area contributed by atoms with Crippen molar-refractivity contribution in [2.75, 3.05) is 33.2 Å². The minimum absolute atomic E-state index is 0.0751. The van der Waals surface area contributed by atoms with Gasteiger partial charge in [0.15, 0.2) is 0 Å². The van der Waals surface area contributed by atoms with E-state index in [1.54, 1.807) is 0 Å². The van der Waals surface area contributed by atoms with Gasteiger partial charge in [-0.3, -0.25) is 4.79 Å².